The van der Waals surface area contributed by atoms with E-state index in [2.05, 4.69) is 31.3 Å². The molecule has 0 aliphatic rings. The first kappa shape index (κ1) is 15.8. The second kappa shape index (κ2) is 8.01. The molecule has 0 saturated carbocycles. The minimum Gasteiger partial charge on any atom is -0.468 e. The average Bonchev–Trinajstić information content (AvgIpc) is 2.41. The van der Waals surface area contributed by atoms with Gasteiger partial charge in [0.2, 0.25) is 0 Å². The van der Waals surface area contributed by atoms with Crippen molar-refractivity contribution in [2.75, 3.05) is 20.2 Å². The summed E-state index contributed by atoms with van der Waals surface area (Å²) < 4.78 is 5.49. The Morgan fingerprint density at radius 3 is 3.05 bits per heavy atom. The number of hydrogen-bond acceptors (Lipinski definition) is 4. The van der Waals surface area contributed by atoms with Crippen molar-refractivity contribution in [3.63, 3.8) is 0 Å². The van der Waals surface area contributed by atoms with Gasteiger partial charge < -0.3 is 10.1 Å². The zero-order chi connectivity index (χ0) is 14.3. The number of carbonyl (C=O) groups excluding carboxylic acids is 1. The zero-order valence-corrected chi connectivity index (χ0v) is 12.5. The van der Waals surface area contributed by atoms with E-state index < -0.39 is 12.0 Å². The number of esters is 1. The van der Waals surface area contributed by atoms with E-state index in [0.29, 0.717) is 17.1 Å². The summed E-state index contributed by atoms with van der Waals surface area (Å²) in [7, 11) is 1.31. The van der Waals surface area contributed by atoms with Gasteiger partial charge in [-0.15, -0.1) is 0 Å². The number of azide groups is 1. The number of methoxy groups -OCH3 is 1. The van der Waals surface area contributed by atoms with E-state index in [0.717, 1.165) is 4.47 Å². The van der Waals surface area contributed by atoms with Crippen molar-refractivity contribution >= 4 is 33.5 Å². The predicted molar refractivity (Wildman–Crippen MR) is 75.9 cm³/mol. The fraction of sp³-hybridized carbons (Fsp3) is 0.364. The maximum Gasteiger partial charge on any atom is 0.327 e. The summed E-state index contributed by atoms with van der Waals surface area (Å²) in [6.45, 7) is 0.588. The first-order valence-corrected chi connectivity index (χ1v) is 6.54. The van der Waals surface area contributed by atoms with Crippen molar-refractivity contribution in [1.82, 2.24) is 5.32 Å². The van der Waals surface area contributed by atoms with Gasteiger partial charge in [-0.05, 0) is 29.3 Å². The lowest BCUT2D eigenvalue weighted by Gasteiger charge is -2.18. The van der Waals surface area contributed by atoms with Crippen LogP contribution in [0.1, 0.15) is 11.6 Å². The Bertz CT molecular complexity index is 505. The summed E-state index contributed by atoms with van der Waals surface area (Å²) in [6.07, 6.45) is 0. The lowest BCUT2D eigenvalue weighted by molar-refractivity contribution is -0.143. The summed E-state index contributed by atoms with van der Waals surface area (Å²) >= 11 is 9.29. The van der Waals surface area contributed by atoms with Crippen molar-refractivity contribution in [2.45, 2.75) is 6.04 Å². The van der Waals surface area contributed by atoms with Crippen LogP contribution in [0.4, 0.5) is 0 Å². The lowest BCUT2D eigenvalue weighted by Crippen LogP contribution is -2.31. The molecule has 1 atom stereocenters. The molecule has 0 aliphatic heterocycles. The number of nitrogens with one attached hydrogen (secondary N) is 1. The Morgan fingerprint density at radius 2 is 2.42 bits per heavy atom. The third-order valence-electron chi connectivity index (χ3n) is 2.33. The monoisotopic (exact) mass is 346 g/mol. The molecule has 0 bridgehead atoms. The van der Waals surface area contributed by atoms with E-state index in [-0.39, 0.29) is 6.54 Å². The van der Waals surface area contributed by atoms with Crippen LogP contribution in [-0.4, -0.2) is 26.2 Å². The van der Waals surface area contributed by atoms with Gasteiger partial charge in [0, 0.05) is 27.5 Å². The Labute approximate surface area is 123 Å². The van der Waals surface area contributed by atoms with E-state index in [9.17, 15) is 4.79 Å². The Morgan fingerprint density at radius 1 is 1.68 bits per heavy atom. The Kier molecular flexibility index (Phi) is 6.66. The molecular weight excluding hydrogens is 336 g/mol. The van der Waals surface area contributed by atoms with Crippen LogP contribution in [0.5, 0.6) is 0 Å². The summed E-state index contributed by atoms with van der Waals surface area (Å²) in [6, 6.07) is 4.46. The van der Waals surface area contributed by atoms with Crippen molar-refractivity contribution < 1.29 is 9.53 Å². The maximum absolute atomic E-state index is 11.8. The maximum atomic E-state index is 11.8. The number of hydrogen-bond donors (Lipinski definition) is 1. The molecule has 1 N–H and O–H groups in total. The van der Waals surface area contributed by atoms with E-state index in [1.54, 1.807) is 18.2 Å². The highest BCUT2D eigenvalue weighted by atomic mass is 79.9. The van der Waals surface area contributed by atoms with Crippen molar-refractivity contribution in [1.29, 1.82) is 0 Å². The van der Waals surface area contributed by atoms with Gasteiger partial charge in [-0.2, -0.15) is 0 Å². The molecule has 6 nitrogen and oxygen atoms in total. The van der Waals surface area contributed by atoms with Crippen LogP contribution in [0.3, 0.4) is 0 Å². The first-order chi connectivity index (χ1) is 9.10. The fourth-order valence-corrected chi connectivity index (χ4v) is 2.13. The second-order valence-corrected chi connectivity index (χ2v) is 4.82. The Hall–Kier alpha value is -1.27. The zero-order valence-electron chi connectivity index (χ0n) is 10.1. The molecular formula is C11H12BrClN4O2. The van der Waals surface area contributed by atoms with Gasteiger partial charge in [-0.1, -0.05) is 32.6 Å². The minimum atomic E-state index is -0.674. The molecule has 8 heteroatoms. The highest BCUT2D eigenvalue weighted by Gasteiger charge is 2.23. The molecule has 0 saturated heterocycles. The van der Waals surface area contributed by atoms with Gasteiger partial charge in [0.15, 0.2) is 0 Å². The SMILES string of the molecule is COC(=O)C(NCCN=[N+]=[N-])c1cc(Cl)ccc1Br. The highest BCUT2D eigenvalue weighted by Crippen LogP contribution is 2.27. The third-order valence-corrected chi connectivity index (χ3v) is 3.29. The standard InChI is InChI=1S/C11H12BrClN4O2/c1-19-11(18)10(15-4-5-16-17-14)8-6-7(13)2-3-9(8)12/h2-3,6,10,15H,4-5H2,1H3. The van der Waals surface area contributed by atoms with Crippen LogP contribution in [0.15, 0.2) is 27.8 Å². The molecule has 0 heterocycles. The second-order valence-electron chi connectivity index (χ2n) is 3.53. The molecule has 0 amide bonds. The van der Waals surface area contributed by atoms with Gasteiger partial charge in [0.05, 0.1) is 7.11 Å². The van der Waals surface area contributed by atoms with Crippen LogP contribution >= 0.6 is 27.5 Å². The van der Waals surface area contributed by atoms with E-state index in [1.165, 1.54) is 7.11 Å². The molecule has 0 radical (unpaired) electrons. The van der Waals surface area contributed by atoms with Crippen molar-refractivity contribution in [3.8, 4) is 0 Å². The fourth-order valence-electron chi connectivity index (χ4n) is 1.48. The predicted octanol–water partition coefficient (Wildman–Crippen LogP) is 3.22. The number of ether oxygens (including phenoxy) is 1. The van der Waals surface area contributed by atoms with Gasteiger partial charge in [-0.3, -0.25) is 0 Å². The number of benzene rings is 1. The van der Waals surface area contributed by atoms with Crippen molar-refractivity contribution in [3.05, 3.63) is 43.7 Å². The number of carbonyl (C=O) groups is 1. The van der Waals surface area contributed by atoms with Crippen LogP contribution in [0.25, 0.3) is 10.4 Å². The summed E-state index contributed by atoms with van der Waals surface area (Å²) in [4.78, 5) is 14.4. The minimum absolute atomic E-state index is 0.238. The first-order valence-electron chi connectivity index (χ1n) is 5.37. The van der Waals surface area contributed by atoms with Crippen molar-refractivity contribution in [2.24, 2.45) is 5.11 Å². The lowest BCUT2D eigenvalue weighted by atomic mass is 10.1. The Balaban J connectivity index is 2.92. The molecule has 1 rings (SSSR count). The summed E-state index contributed by atoms with van der Waals surface area (Å²) in [5.41, 5.74) is 8.87. The molecule has 0 aromatic heterocycles. The largest absolute Gasteiger partial charge is 0.468 e. The van der Waals surface area contributed by atoms with Crippen LogP contribution in [0.2, 0.25) is 5.02 Å². The average molecular weight is 348 g/mol. The topological polar surface area (TPSA) is 87.1 Å². The quantitative estimate of drug-likeness (QED) is 0.282. The van der Waals surface area contributed by atoms with Crippen LogP contribution < -0.4 is 5.32 Å². The number of halogens is 2. The number of nitrogens with zero attached hydrogens (tertiary/aromatic N) is 3. The molecule has 0 spiro atoms. The van der Waals surface area contributed by atoms with E-state index in [1.807, 2.05) is 0 Å². The van der Waals surface area contributed by atoms with Crippen LogP contribution in [0, 0.1) is 0 Å². The molecule has 19 heavy (non-hydrogen) atoms. The molecule has 0 aliphatic carbocycles. The normalized spacial score (nSPS) is 11.5. The molecule has 102 valence electrons. The van der Waals surface area contributed by atoms with Gasteiger partial charge in [0.1, 0.15) is 6.04 Å². The molecule has 1 aromatic rings. The molecule has 0 fully saturated rings. The summed E-state index contributed by atoms with van der Waals surface area (Å²) in [5, 5.41) is 6.87. The highest BCUT2D eigenvalue weighted by molar-refractivity contribution is 9.10. The summed E-state index contributed by atoms with van der Waals surface area (Å²) in [5.74, 6) is -0.441. The van der Waals surface area contributed by atoms with Crippen LogP contribution in [-0.2, 0) is 9.53 Å². The van der Waals surface area contributed by atoms with E-state index in [4.69, 9.17) is 21.9 Å². The number of rotatable bonds is 6. The third kappa shape index (κ3) is 4.72. The van der Waals surface area contributed by atoms with Gasteiger partial charge in [-0.25, -0.2) is 4.79 Å². The van der Waals surface area contributed by atoms with Gasteiger partial charge >= 0.3 is 5.97 Å². The smallest absolute Gasteiger partial charge is 0.327 e. The molecule has 1 unspecified atom stereocenters. The van der Waals surface area contributed by atoms with Gasteiger partial charge in [0.25, 0.3) is 0 Å². The van der Waals surface area contributed by atoms with E-state index >= 15 is 0 Å². The molecule has 1 aromatic carbocycles.